The SMILES string of the molecule is C=C(N)c1cnc(N2CCN(C3CCN(Cc4ccc(Cl)cc4C(O)C(N)=O)CC3)C(CC)C2)c(Cl)n1.CC. The number of nitrogens with two attached hydrogens (primary N) is 2. The number of rotatable bonds is 8. The standard InChI is InChI=1S/C26H35Cl2N7O2.C2H6/c1-3-19-15-34(26-24(28)32-22(13-31-26)16(2)29)10-11-35(19)20-6-8-33(9-7-20)14-17-4-5-18(27)12-21(17)23(36)25(30)37;1-2/h4-5,12-13,19-20,23,36H,2-3,6-11,14-15,29H2,1H3,(H2,30,37);1-2H3. The van der Waals surface area contributed by atoms with E-state index in [1.165, 1.54) is 0 Å². The highest BCUT2D eigenvalue weighted by Gasteiger charge is 2.34. The number of benzene rings is 1. The van der Waals surface area contributed by atoms with Crippen molar-refractivity contribution in [1.29, 1.82) is 0 Å². The van der Waals surface area contributed by atoms with Crippen LogP contribution in [0.5, 0.6) is 0 Å². The summed E-state index contributed by atoms with van der Waals surface area (Å²) in [6, 6.07) is 6.16. The van der Waals surface area contributed by atoms with Gasteiger partial charge in [-0.3, -0.25) is 14.6 Å². The van der Waals surface area contributed by atoms with Gasteiger partial charge in [0.25, 0.3) is 5.91 Å². The highest BCUT2D eigenvalue weighted by atomic mass is 35.5. The molecule has 2 fully saturated rings. The maximum atomic E-state index is 11.6. The molecule has 2 aliphatic heterocycles. The molecule has 4 rings (SSSR count). The quantitative estimate of drug-likeness (QED) is 0.432. The van der Waals surface area contributed by atoms with E-state index in [4.69, 9.17) is 34.7 Å². The molecule has 0 spiro atoms. The molecule has 3 heterocycles. The summed E-state index contributed by atoms with van der Waals surface area (Å²) in [7, 11) is 0. The predicted molar refractivity (Wildman–Crippen MR) is 159 cm³/mol. The zero-order chi connectivity index (χ0) is 28.7. The molecule has 2 atom stereocenters. The number of aliphatic hydroxyl groups excluding tert-OH is 1. The summed E-state index contributed by atoms with van der Waals surface area (Å²) in [6.45, 7) is 15.0. The molecule has 0 bridgehead atoms. The number of carbonyl (C=O) groups excluding carboxylic acids is 1. The van der Waals surface area contributed by atoms with Gasteiger partial charge in [-0.2, -0.15) is 0 Å². The molecule has 39 heavy (non-hydrogen) atoms. The lowest BCUT2D eigenvalue weighted by Crippen LogP contribution is -2.58. The minimum atomic E-state index is -1.36. The first-order valence-corrected chi connectivity index (χ1v) is 14.4. The molecule has 1 aromatic heterocycles. The van der Waals surface area contributed by atoms with E-state index >= 15 is 0 Å². The number of carbonyl (C=O) groups is 1. The lowest BCUT2D eigenvalue weighted by Gasteiger charge is -2.47. The Labute approximate surface area is 241 Å². The molecule has 5 N–H and O–H groups in total. The van der Waals surface area contributed by atoms with Crippen molar-refractivity contribution in [2.75, 3.05) is 37.6 Å². The third kappa shape index (κ3) is 7.61. The van der Waals surface area contributed by atoms with Crippen molar-refractivity contribution in [3.63, 3.8) is 0 Å². The van der Waals surface area contributed by atoms with Gasteiger partial charge in [0.05, 0.1) is 11.9 Å². The Morgan fingerprint density at radius 2 is 1.87 bits per heavy atom. The highest BCUT2D eigenvalue weighted by molar-refractivity contribution is 6.31. The Morgan fingerprint density at radius 3 is 2.46 bits per heavy atom. The number of aromatic nitrogens is 2. The fraction of sp³-hybridized carbons (Fsp3) is 0.536. The Balaban J connectivity index is 0.00000205. The van der Waals surface area contributed by atoms with Crippen molar-refractivity contribution >= 4 is 40.6 Å². The molecule has 2 aromatic rings. The fourth-order valence-electron chi connectivity index (χ4n) is 5.40. The molecule has 1 aromatic carbocycles. The Morgan fingerprint density at radius 1 is 1.18 bits per heavy atom. The minimum absolute atomic E-state index is 0.347. The molecule has 214 valence electrons. The van der Waals surface area contributed by atoms with E-state index in [2.05, 4.69) is 38.2 Å². The summed E-state index contributed by atoms with van der Waals surface area (Å²) in [6.07, 6.45) is 3.38. The first-order valence-electron chi connectivity index (χ1n) is 13.6. The number of aliphatic hydroxyl groups is 1. The maximum absolute atomic E-state index is 11.6. The summed E-state index contributed by atoms with van der Waals surface area (Å²) in [5, 5.41) is 11.1. The largest absolute Gasteiger partial charge is 0.397 e. The van der Waals surface area contributed by atoms with Gasteiger partial charge in [-0.1, -0.05) is 56.6 Å². The monoisotopic (exact) mass is 577 g/mol. The third-order valence-corrected chi connectivity index (χ3v) is 7.92. The van der Waals surface area contributed by atoms with Crippen molar-refractivity contribution in [3.05, 3.63) is 58.0 Å². The summed E-state index contributed by atoms with van der Waals surface area (Å²) in [5.41, 5.74) is 13.3. The first-order chi connectivity index (χ1) is 18.7. The van der Waals surface area contributed by atoms with Crippen LogP contribution in [-0.4, -0.2) is 75.6 Å². The molecule has 2 saturated heterocycles. The van der Waals surface area contributed by atoms with Crippen LogP contribution in [0.3, 0.4) is 0 Å². The molecule has 0 aliphatic carbocycles. The molecule has 2 unspecified atom stereocenters. The summed E-state index contributed by atoms with van der Waals surface area (Å²) in [5.74, 6) is -0.0866. The van der Waals surface area contributed by atoms with Gasteiger partial charge < -0.3 is 21.5 Å². The number of anilines is 1. The summed E-state index contributed by atoms with van der Waals surface area (Å²) in [4.78, 5) is 27.7. The second kappa shape index (κ2) is 14.3. The molecule has 1 amide bonds. The minimum Gasteiger partial charge on any atom is -0.397 e. The average molecular weight is 579 g/mol. The lowest BCUT2D eigenvalue weighted by molar-refractivity contribution is -0.126. The van der Waals surface area contributed by atoms with Crippen molar-refractivity contribution < 1.29 is 9.90 Å². The van der Waals surface area contributed by atoms with Crippen molar-refractivity contribution in [1.82, 2.24) is 19.8 Å². The Hall–Kier alpha value is -2.43. The van der Waals surface area contributed by atoms with Crippen molar-refractivity contribution in [2.45, 2.75) is 64.8 Å². The van der Waals surface area contributed by atoms with E-state index in [1.54, 1.807) is 18.3 Å². The van der Waals surface area contributed by atoms with Crippen LogP contribution in [0.1, 0.15) is 63.0 Å². The number of hydrogen-bond donors (Lipinski definition) is 3. The van der Waals surface area contributed by atoms with Gasteiger partial charge in [-0.25, -0.2) is 9.97 Å². The van der Waals surface area contributed by atoms with Crippen LogP contribution in [0.4, 0.5) is 5.82 Å². The van der Waals surface area contributed by atoms with Gasteiger partial charge >= 0.3 is 0 Å². The number of hydrogen-bond acceptors (Lipinski definition) is 8. The number of piperazine rings is 1. The first kappa shape index (κ1) is 31.1. The molecular weight excluding hydrogens is 537 g/mol. The van der Waals surface area contributed by atoms with E-state index in [0.29, 0.717) is 51.6 Å². The predicted octanol–water partition coefficient (Wildman–Crippen LogP) is 3.82. The van der Waals surface area contributed by atoms with E-state index < -0.39 is 12.0 Å². The van der Waals surface area contributed by atoms with Gasteiger partial charge in [0.2, 0.25) is 0 Å². The maximum Gasteiger partial charge on any atom is 0.250 e. The zero-order valence-electron chi connectivity index (χ0n) is 23.1. The second-order valence-corrected chi connectivity index (χ2v) is 10.6. The second-order valence-electron chi connectivity index (χ2n) is 9.80. The average Bonchev–Trinajstić information content (AvgIpc) is 2.94. The Kier molecular flexibility index (Phi) is 11.4. The highest BCUT2D eigenvalue weighted by Crippen LogP contribution is 2.30. The zero-order valence-corrected chi connectivity index (χ0v) is 24.6. The van der Waals surface area contributed by atoms with E-state index in [1.807, 2.05) is 19.9 Å². The van der Waals surface area contributed by atoms with Crippen molar-refractivity contribution in [3.8, 4) is 0 Å². The Bertz CT molecular complexity index is 1140. The van der Waals surface area contributed by atoms with Crippen LogP contribution in [0, 0.1) is 0 Å². The van der Waals surface area contributed by atoms with Gasteiger partial charge in [-0.15, -0.1) is 0 Å². The molecule has 11 heteroatoms. The van der Waals surface area contributed by atoms with E-state index in [-0.39, 0.29) is 0 Å². The normalized spacial score (nSPS) is 19.7. The molecular formula is C28H41Cl2N7O2. The van der Waals surface area contributed by atoms with Crippen LogP contribution in [-0.2, 0) is 11.3 Å². The fourth-order valence-corrected chi connectivity index (χ4v) is 5.84. The molecule has 2 aliphatic rings. The third-order valence-electron chi connectivity index (χ3n) is 7.43. The van der Waals surface area contributed by atoms with Crippen LogP contribution in [0.2, 0.25) is 10.2 Å². The number of nitrogens with zero attached hydrogens (tertiary/aromatic N) is 5. The summed E-state index contributed by atoms with van der Waals surface area (Å²) < 4.78 is 0. The van der Waals surface area contributed by atoms with Gasteiger partial charge in [0, 0.05) is 43.3 Å². The number of piperidine rings is 1. The van der Waals surface area contributed by atoms with E-state index in [0.717, 1.165) is 57.5 Å². The van der Waals surface area contributed by atoms with Crippen LogP contribution >= 0.6 is 23.2 Å². The van der Waals surface area contributed by atoms with Crippen LogP contribution in [0.15, 0.2) is 31.0 Å². The number of likely N-dealkylation sites (tertiary alicyclic amines) is 1. The topological polar surface area (TPSA) is 125 Å². The molecule has 0 saturated carbocycles. The van der Waals surface area contributed by atoms with E-state index in [9.17, 15) is 9.90 Å². The lowest BCUT2D eigenvalue weighted by atomic mass is 9.96. The summed E-state index contributed by atoms with van der Waals surface area (Å²) >= 11 is 12.6. The number of primary amides is 1. The number of amides is 1. The molecule has 0 radical (unpaired) electrons. The van der Waals surface area contributed by atoms with Crippen molar-refractivity contribution in [2.24, 2.45) is 11.5 Å². The van der Waals surface area contributed by atoms with Crippen LogP contribution in [0.25, 0.3) is 5.70 Å². The van der Waals surface area contributed by atoms with Gasteiger partial charge in [0.15, 0.2) is 17.1 Å². The smallest absolute Gasteiger partial charge is 0.250 e. The molecule has 9 nitrogen and oxygen atoms in total. The number of halogens is 2. The van der Waals surface area contributed by atoms with Crippen LogP contribution < -0.4 is 16.4 Å². The van der Waals surface area contributed by atoms with Gasteiger partial charge in [0.1, 0.15) is 5.69 Å². The van der Waals surface area contributed by atoms with Gasteiger partial charge in [-0.05, 0) is 55.6 Å².